The van der Waals surface area contributed by atoms with E-state index in [0.717, 1.165) is 41.1 Å². The van der Waals surface area contributed by atoms with E-state index in [2.05, 4.69) is 45.9 Å². The zero-order valence-electron chi connectivity index (χ0n) is 29.3. The summed E-state index contributed by atoms with van der Waals surface area (Å²) in [4.78, 5) is 14.1. The number of halogens is 3. The Morgan fingerprint density at radius 1 is 0.759 bits per heavy atom. The number of anilines is 1. The van der Waals surface area contributed by atoms with Crippen molar-refractivity contribution in [2.24, 2.45) is 0 Å². The number of hydrogen-bond donors (Lipinski definition) is 5. The van der Waals surface area contributed by atoms with Crippen LogP contribution in [0.2, 0.25) is 5.02 Å². The van der Waals surface area contributed by atoms with Crippen molar-refractivity contribution in [3.8, 4) is 11.5 Å². The number of nitrogens with one attached hydrogen (secondary N) is 1. The minimum Gasteiger partial charge on any atom is -0.505 e. The molecule has 54 heavy (non-hydrogen) atoms. The predicted octanol–water partition coefficient (Wildman–Crippen LogP) is 8.39. The second-order valence-electron chi connectivity index (χ2n) is 11.9. The average Bonchev–Trinajstić information content (AvgIpc) is 3.13. The highest BCUT2D eigenvalue weighted by molar-refractivity contribution is 14.1. The minimum absolute atomic E-state index is 0.0939. The van der Waals surface area contributed by atoms with E-state index in [1.165, 1.54) is 61.8 Å². The van der Waals surface area contributed by atoms with Gasteiger partial charge in [-0.2, -0.15) is 16.8 Å². The average molecular weight is 1020 g/mol. The van der Waals surface area contributed by atoms with Gasteiger partial charge < -0.3 is 20.4 Å². The molecule has 3 heterocycles. The van der Waals surface area contributed by atoms with Gasteiger partial charge in [-0.3, -0.25) is 24.1 Å². The Bertz CT molecular complexity index is 2370. The molecule has 0 aliphatic rings. The standard InChI is InChI=1S/C18H26ClN3.2C9H6INO4S/c1-4-22(5-2)12-6-7-14(3)21-17-10-11-20-18-13-15(19)8-9-16(17)18;2*10-6-4-7(16(13,14)15)5-2-1-3-11-8(5)9(6)12/h8-11,13-14H,4-7,12H2,1-3H3,(H,20,21);2*1-4,12H,(H,13,14,15)/t14-;;/m0../s1. The molecule has 0 saturated heterocycles. The number of aromatic hydroxyl groups is 2. The largest absolute Gasteiger partial charge is 0.505 e. The van der Waals surface area contributed by atoms with E-state index >= 15 is 0 Å². The fourth-order valence-corrected chi connectivity index (χ4v) is 8.65. The highest BCUT2D eigenvalue weighted by Gasteiger charge is 2.20. The number of pyridine rings is 3. The van der Waals surface area contributed by atoms with E-state index in [1.54, 1.807) is 45.2 Å². The summed E-state index contributed by atoms with van der Waals surface area (Å²) in [5.74, 6) is -0.188. The molecule has 1 atom stereocenters. The van der Waals surface area contributed by atoms with Gasteiger partial charge >= 0.3 is 0 Å². The second-order valence-corrected chi connectivity index (χ2v) is 17.4. The molecular weight excluding hydrogens is 984 g/mol. The SMILES string of the molecule is CCN(CC)CCC[C@H](C)Nc1ccnc2cc(Cl)ccc12.O=S(=O)(O)c1cc(I)c(O)c2ncccc12.O=S(=O)(O)c1cc(I)c(O)c2ncccc12. The quantitative estimate of drug-likeness (QED) is 0.0647. The Morgan fingerprint density at radius 2 is 1.28 bits per heavy atom. The molecule has 0 saturated carbocycles. The fourth-order valence-electron chi connectivity index (χ4n) is 5.51. The third-order valence-electron chi connectivity index (χ3n) is 8.23. The number of fused-ring (bicyclic) bond motifs is 3. The van der Waals surface area contributed by atoms with E-state index < -0.39 is 20.2 Å². The lowest BCUT2D eigenvalue weighted by Crippen LogP contribution is -2.25. The van der Waals surface area contributed by atoms with Gasteiger partial charge in [0.2, 0.25) is 0 Å². The van der Waals surface area contributed by atoms with Crippen molar-refractivity contribution >= 4 is 115 Å². The summed E-state index contributed by atoms with van der Waals surface area (Å²) >= 11 is 9.58. The van der Waals surface area contributed by atoms with Crippen LogP contribution in [0.5, 0.6) is 11.5 Å². The topological polar surface area (TPSA) is 203 Å². The summed E-state index contributed by atoms with van der Waals surface area (Å²) in [6.45, 7) is 10.1. The highest BCUT2D eigenvalue weighted by atomic mass is 127. The molecule has 0 spiro atoms. The molecule has 6 rings (SSSR count). The molecule has 6 aromatic rings. The first-order chi connectivity index (χ1) is 25.5. The summed E-state index contributed by atoms with van der Waals surface area (Å²) in [5.41, 5.74) is 2.38. The minimum atomic E-state index is -4.32. The molecule has 0 aliphatic carbocycles. The van der Waals surface area contributed by atoms with Crippen molar-refractivity contribution in [3.05, 3.63) is 91.4 Å². The van der Waals surface area contributed by atoms with Gasteiger partial charge in [0.15, 0.2) is 11.5 Å². The van der Waals surface area contributed by atoms with E-state index in [0.29, 0.717) is 13.2 Å². The zero-order valence-corrected chi connectivity index (χ0v) is 36.0. The molecule has 0 fully saturated rings. The summed E-state index contributed by atoms with van der Waals surface area (Å²) in [7, 11) is -8.65. The Balaban J connectivity index is 0.000000184. The van der Waals surface area contributed by atoms with Crippen LogP contribution in [-0.2, 0) is 20.2 Å². The van der Waals surface area contributed by atoms with Crippen LogP contribution < -0.4 is 5.32 Å². The van der Waals surface area contributed by atoms with Crippen molar-refractivity contribution in [1.82, 2.24) is 19.9 Å². The van der Waals surface area contributed by atoms with Crippen LogP contribution in [0.4, 0.5) is 5.69 Å². The lowest BCUT2D eigenvalue weighted by Gasteiger charge is -2.20. The van der Waals surface area contributed by atoms with Crippen LogP contribution in [0.3, 0.4) is 0 Å². The van der Waals surface area contributed by atoms with Crippen molar-refractivity contribution in [2.45, 2.75) is 49.4 Å². The summed E-state index contributed by atoms with van der Waals surface area (Å²) < 4.78 is 63.4. The van der Waals surface area contributed by atoms with E-state index in [4.69, 9.17) is 20.7 Å². The van der Waals surface area contributed by atoms with Crippen LogP contribution in [0.15, 0.2) is 89.0 Å². The number of phenolic OH excluding ortho intramolecular Hbond substituents is 2. The van der Waals surface area contributed by atoms with Gasteiger partial charge in [0.1, 0.15) is 20.8 Å². The molecule has 13 nitrogen and oxygen atoms in total. The fraction of sp³-hybridized carbons (Fsp3) is 0.250. The third kappa shape index (κ3) is 11.2. The second kappa shape index (κ2) is 19.1. The molecule has 3 aromatic heterocycles. The van der Waals surface area contributed by atoms with E-state index in [1.807, 2.05) is 30.5 Å². The molecule has 3 aromatic carbocycles. The lowest BCUT2D eigenvalue weighted by atomic mass is 10.1. The van der Waals surface area contributed by atoms with Gasteiger partial charge in [0, 0.05) is 51.5 Å². The molecule has 0 radical (unpaired) electrons. The van der Waals surface area contributed by atoms with Crippen molar-refractivity contribution in [1.29, 1.82) is 0 Å². The maximum Gasteiger partial charge on any atom is 0.295 e. The highest BCUT2D eigenvalue weighted by Crippen LogP contribution is 2.34. The van der Waals surface area contributed by atoms with Crippen LogP contribution in [0, 0.1) is 7.14 Å². The van der Waals surface area contributed by atoms with Crippen molar-refractivity contribution in [3.63, 3.8) is 0 Å². The Hall–Kier alpha value is -3.18. The van der Waals surface area contributed by atoms with E-state index in [9.17, 15) is 27.0 Å². The first kappa shape index (κ1) is 43.5. The Kier molecular flexibility index (Phi) is 15.4. The van der Waals surface area contributed by atoms with Crippen molar-refractivity contribution < 1.29 is 36.2 Å². The maximum atomic E-state index is 11.2. The van der Waals surface area contributed by atoms with Gasteiger partial charge in [-0.05, 0) is 145 Å². The monoisotopic (exact) mass is 1020 g/mol. The predicted molar refractivity (Wildman–Crippen MR) is 229 cm³/mol. The molecule has 288 valence electrons. The first-order valence-corrected chi connectivity index (χ1v) is 21.9. The molecule has 0 aliphatic heterocycles. The Labute approximate surface area is 346 Å². The van der Waals surface area contributed by atoms with Crippen LogP contribution in [-0.4, -0.2) is 81.7 Å². The first-order valence-electron chi connectivity index (χ1n) is 16.5. The normalized spacial score (nSPS) is 12.2. The third-order valence-corrected chi connectivity index (χ3v) is 11.9. The molecule has 0 bridgehead atoms. The lowest BCUT2D eigenvalue weighted by molar-refractivity contribution is 0.295. The smallest absolute Gasteiger partial charge is 0.295 e. The number of aromatic nitrogens is 3. The molecule has 0 amide bonds. The Morgan fingerprint density at radius 3 is 1.76 bits per heavy atom. The number of benzene rings is 3. The van der Waals surface area contributed by atoms with Crippen LogP contribution >= 0.6 is 56.8 Å². The van der Waals surface area contributed by atoms with E-state index in [-0.39, 0.29) is 43.1 Å². The van der Waals surface area contributed by atoms with Gasteiger partial charge in [-0.15, -0.1) is 0 Å². The number of phenols is 2. The summed E-state index contributed by atoms with van der Waals surface area (Å²) in [5, 5.41) is 25.3. The molecular formula is C36H38ClI2N5O8S2. The van der Waals surface area contributed by atoms with Gasteiger partial charge in [-0.1, -0.05) is 25.4 Å². The van der Waals surface area contributed by atoms with Crippen LogP contribution in [0.25, 0.3) is 32.7 Å². The van der Waals surface area contributed by atoms with Gasteiger partial charge in [-0.25, -0.2) is 0 Å². The maximum absolute atomic E-state index is 11.2. The number of hydrogen-bond acceptors (Lipinski definition) is 11. The zero-order chi connectivity index (χ0) is 39.8. The summed E-state index contributed by atoms with van der Waals surface area (Å²) in [6, 6.07) is 16.8. The molecule has 18 heteroatoms. The molecule has 0 unspecified atom stereocenters. The van der Waals surface area contributed by atoms with Crippen LogP contribution in [0.1, 0.15) is 33.6 Å². The summed E-state index contributed by atoms with van der Waals surface area (Å²) in [6.07, 6.45) is 7.08. The molecule has 5 N–H and O–H groups in total. The van der Waals surface area contributed by atoms with Gasteiger partial charge in [0.25, 0.3) is 20.2 Å². The van der Waals surface area contributed by atoms with Gasteiger partial charge in [0.05, 0.1) is 12.7 Å². The number of rotatable bonds is 10. The van der Waals surface area contributed by atoms with Crippen molar-refractivity contribution in [2.75, 3.05) is 25.0 Å². The number of nitrogens with zero attached hydrogens (tertiary/aromatic N) is 4.